The van der Waals surface area contributed by atoms with E-state index in [4.69, 9.17) is 13.9 Å². The number of allylic oxidation sites excluding steroid dienone is 1. The van der Waals surface area contributed by atoms with Gasteiger partial charge in [0.05, 0.1) is 30.9 Å². The summed E-state index contributed by atoms with van der Waals surface area (Å²) in [5.74, 6) is 3.14. The molecule has 0 bridgehead atoms. The Morgan fingerprint density at radius 2 is 1.33 bits per heavy atom. The van der Waals surface area contributed by atoms with Crippen molar-refractivity contribution in [3.8, 4) is 33.9 Å². The molecule has 0 spiro atoms. The molecular formula is C30H29O3+. The minimum absolute atomic E-state index is 0.585. The third-order valence-electron chi connectivity index (χ3n) is 5.34. The minimum Gasteiger partial charge on any atom is -0.490 e. The highest BCUT2D eigenvalue weighted by molar-refractivity contribution is 5.81. The van der Waals surface area contributed by atoms with E-state index in [9.17, 15) is 0 Å². The van der Waals surface area contributed by atoms with Crippen molar-refractivity contribution in [3.63, 3.8) is 0 Å². The summed E-state index contributed by atoms with van der Waals surface area (Å²) in [5.41, 5.74) is 5.44. The van der Waals surface area contributed by atoms with Gasteiger partial charge in [-0.25, -0.2) is 4.42 Å². The van der Waals surface area contributed by atoms with Crippen LogP contribution in [-0.2, 0) is 0 Å². The summed E-state index contributed by atoms with van der Waals surface area (Å²) in [6, 6.07) is 30.8. The third-order valence-corrected chi connectivity index (χ3v) is 5.34. The number of ether oxygens (including phenoxy) is 2. The fraction of sp³-hybridized carbons (Fsp3) is 0.167. The molecule has 0 N–H and O–H groups in total. The maximum absolute atomic E-state index is 6.33. The van der Waals surface area contributed by atoms with Gasteiger partial charge in [0.1, 0.15) is 0 Å². The van der Waals surface area contributed by atoms with Crippen LogP contribution in [0, 0.1) is 0 Å². The molecule has 4 rings (SSSR count). The van der Waals surface area contributed by atoms with Gasteiger partial charge < -0.3 is 9.47 Å². The lowest BCUT2D eigenvalue weighted by atomic mass is 10.0. The Balaban J connectivity index is 1.77. The van der Waals surface area contributed by atoms with Crippen molar-refractivity contribution >= 4 is 11.6 Å². The van der Waals surface area contributed by atoms with E-state index in [0.29, 0.717) is 13.2 Å². The Kier molecular flexibility index (Phi) is 7.21. The Bertz CT molecular complexity index is 1170. The zero-order valence-corrected chi connectivity index (χ0v) is 19.4. The summed E-state index contributed by atoms with van der Waals surface area (Å²) in [5, 5.41) is 0. The van der Waals surface area contributed by atoms with Crippen LogP contribution in [0.1, 0.15) is 32.1 Å². The van der Waals surface area contributed by atoms with Crippen LogP contribution in [0.2, 0.25) is 0 Å². The van der Waals surface area contributed by atoms with E-state index >= 15 is 0 Å². The van der Waals surface area contributed by atoms with Crippen LogP contribution >= 0.6 is 0 Å². The van der Waals surface area contributed by atoms with Crippen LogP contribution in [0.15, 0.2) is 95.4 Å². The number of rotatable bonds is 8. The van der Waals surface area contributed by atoms with Gasteiger partial charge in [-0.05, 0) is 61.7 Å². The number of benzene rings is 3. The molecule has 3 nitrogen and oxygen atoms in total. The van der Waals surface area contributed by atoms with E-state index in [1.807, 2.05) is 50.2 Å². The number of hydrogen-bond donors (Lipinski definition) is 0. The quantitative estimate of drug-likeness (QED) is 0.260. The maximum Gasteiger partial charge on any atom is 0.361 e. The van der Waals surface area contributed by atoms with E-state index in [-0.39, 0.29) is 0 Å². The van der Waals surface area contributed by atoms with Crippen LogP contribution in [0.25, 0.3) is 34.1 Å². The number of hydrogen-bond acceptors (Lipinski definition) is 2. The lowest BCUT2D eigenvalue weighted by Crippen LogP contribution is -1.99. The van der Waals surface area contributed by atoms with Crippen LogP contribution in [0.4, 0.5) is 0 Å². The van der Waals surface area contributed by atoms with Gasteiger partial charge in [0.2, 0.25) is 0 Å². The van der Waals surface area contributed by atoms with Gasteiger partial charge in [-0.3, -0.25) is 0 Å². The van der Waals surface area contributed by atoms with E-state index in [1.54, 1.807) is 0 Å². The average molecular weight is 438 g/mol. The Morgan fingerprint density at radius 3 is 2.00 bits per heavy atom. The van der Waals surface area contributed by atoms with E-state index in [1.165, 1.54) is 0 Å². The first kappa shape index (κ1) is 22.3. The van der Waals surface area contributed by atoms with Crippen molar-refractivity contribution in [2.75, 3.05) is 13.2 Å². The van der Waals surface area contributed by atoms with Crippen LogP contribution in [0.3, 0.4) is 0 Å². The fourth-order valence-electron chi connectivity index (χ4n) is 3.73. The average Bonchev–Trinajstić information content (AvgIpc) is 2.86. The summed E-state index contributed by atoms with van der Waals surface area (Å²) < 4.78 is 17.8. The van der Waals surface area contributed by atoms with Gasteiger partial charge >= 0.3 is 11.5 Å². The molecule has 1 aromatic heterocycles. The minimum atomic E-state index is 0.585. The summed E-state index contributed by atoms with van der Waals surface area (Å²) in [6.07, 6.45) is 2.07. The highest BCUT2D eigenvalue weighted by atomic mass is 16.5. The molecule has 3 aromatic carbocycles. The summed E-state index contributed by atoms with van der Waals surface area (Å²) in [6.45, 7) is 7.21. The molecule has 0 amide bonds. The van der Waals surface area contributed by atoms with Crippen molar-refractivity contribution in [1.82, 2.24) is 0 Å². The molecule has 0 saturated carbocycles. The normalized spacial score (nSPS) is 11.3. The van der Waals surface area contributed by atoms with Crippen molar-refractivity contribution in [2.24, 2.45) is 0 Å². The van der Waals surface area contributed by atoms with E-state index < -0.39 is 0 Å². The standard InChI is InChI=1S/C30H29O3/c1-4-31-28-17-16-25(20-30(28)32-5-2)22(3)18-27-19-26(23-12-8-6-9-13-23)21-29(33-27)24-14-10-7-11-15-24/h6-21H,4-5H2,1-3H3/q+1/b22-18+. The second kappa shape index (κ2) is 10.6. The van der Waals surface area contributed by atoms with Crippen molar-refractivity contribution < 1.29 is 13.9 Å². The smallest absolute Gasteiger partial charge is 0.361 e. The molecule has 0 aliphatic carbocycles. The van der Waals surface area contributed by atoms with Crippen LogP contribution in [0.5, 0.6) is 11.5 Å². The highest BCUT2D eigenvalue weighted by Gasteiger charge is 2.18. The second-order valence-corrected chi connectivity index (χ2v) is 7.70. The van der Waals surface area contributed by atoms with Gasteiger partial charge in [0, 0.05) is 11.6 Å². The molecule has 0 aliphatic rings. The molecule has 0 radical (unpaired) electrons. The molecule has 0 fully saturated rings. The van der Waals surface area contributed by atoms with Crippen molar-refractivity contribution in [3.05, 3.63) is 102 Å². The molecular weight excluding hydrogens is 408 g/mol. The zero-order chi connectivity index (χ0) is 23.0. The van der Waals surface area contributed by atoms with Gasteiger partial charge in [-0.15, -0.1) is 0 Å². The predicted octanol–water partition coefficient (Wildman–Crippen LogP) is 8.25. The predicted molar refractivity (Wildman–Crippen MR) is 136 cm³/mol. The molecule has 0 aliphatic heterocycles. The van der Waals surface area contributed by atoms with Gasteiger partial charge in [0.25, 0.3) is 0 Å². The third kappa shape index (κ3) is 5.50. The molecule has 1 heterocycles. The zero-order valence-electron chi connectivity index (χ0n) is 19.4. The van der Waals surface area contributed by atoms with E-state index in [0.717, 1.165) is 50.8 Å². The Morgan fingerprint density at radius 1 is 0.697 bits per heavy atom. The van der Waals surface area contributed by atoms with Gasteiger partial charge in [-0.1, -0.05) is 54.6 Å². The lowest BCUT2D eigenvalue weighted by molar-refractivity contribution is 0.287. The lowest BCUT2D eigenvalue weighted by Gasteiger charge is -2.12. The Labute approximate surface area is 195 Å². The summed E-state index contributed by atoms with van der Waals surface area (Å²) in [7, 11) is 0. The Hall–Kier alpha value is -3.85. The topological polar surface area (TPSA) is 29.8 Å². The van der Waals surface area contributed by atoms with Crippen molar-refractivity contribution in [1.29, 1.82) is 0 Å². The molecule has 166 valence electrons. The molecule has 0 atom stereocenters. The summed E-state index contributed by atoms with van der Waals surface area (Å²) in [4.78, 5) is 0. The molecule has 33 heavy (non-hydrogen) atoms. The fourth-order valence-corrected chi connectivity index (χ4v) is 3.73. The molecule has 3 heteroatoms. The van der Waals surface area contributed by atoms with E-state index in [2.05, 4.69) is 67.6 Å². The molecule has 4 aromatic rings. The van der Waals surface area contributed by atoms with Crippen molar-refractivity contribution in [2.45, 2.75) is 20.8 Å². The first-order valence-corrected chi connectivity index (χ1v) is 11.3. The first-order chi connectivity index (χ1) is 16.2. The first-order valence-electron chi connectivity index (χ1n) is 11.3. The second-order valence-electron chi connectivity index (χ2n) is 7.70. The highest BCUT2D eigenvalue weighted by Crippen LogP contribution is 2.33. The van der Waals surface area contributed by atoms with Crippen LogP contribution in [-0.4, -0.2) is 13.2 Å². The molecule has 0 saturated heterocycles. The van der Waals surface area contributed by atoms with Gasteiger partial charge in [0.15, 0.2) is 11.5 Å². The summed E-state index contributed by atoms with van der Waals surface area (Å²) >= 11 is 0. The SMILES string of the molecule is CCOc1ccc(/C(C)=C/c2cc(-c3ccccc3)cc(-c3ccccc3)[o+]2)cc1OCC. The van der Waals surface area contributed by atoms with Crippen LogP contribution < -0.4 is 9.47 Å². The largest absolute Gasteiger partial charge is 0.490 e. The van der Waals surface area contributed by atoms with Gasteiger partial charge in [-0.2, -0.15) is 0 Å². The monoisotopic (exact) mass is 437 g/mol. The molecule has 0 unspecified atom stereocenters. The maximum atomic E-state index is 6.33.